The second kappa shape index (κ2) is 4.30. The maximum atomic E-state index is 10.8. The van der Waals surface area contributed by atoms with Crippen LogP contribution in [0.3, 0.4) is 0 Å². The Kier molecular flexibility index (Phi) is 4.02. The second-order valence-electron chi connectivity index (χ2n) is 2.37. The highest BCUT2D eigenvalue weighted by Gasteiger charge is 1.99. The summed E-state index contributed by atoms with van der Waals surface area (Å²) in [6.45, 7) is 5.83. The zero-order valence-electron chi connectivity index (χ0n) is 6.35. The molecule has 0 aliphatic carbocycles. The molecule has 0 radical (unpaired) electrons. The molecule has 0 amide bonds. The van der Waals surface area contributed by atoms with Crippen molar-refractivity contribution in [2.75, 3.05) is 0 Å². The molecule has 0 heterocycles. The lowest BCUT2D eigenvalue weighted by Gasteiger charge is -1.94. The molecule has 0 bridgehead atoms. The summed E-state index contributed by atoms with van der Waals surface area (Å²) in [5, 5.41) is 0. The molecular weight excluding hydrogens is 112 g/mol. The first-order chi connectivity index (χ1) is 4.18. The maximum absolute atomic E-state index is 10.8. The standard InChI is InChI=1S/C8H14O/c1-4-5-6-8(9)7(2)3/h5-7H,4H2,1-3H3/b6-5+. The molecule has 0 aromatic heterocycles. The monoisotopic (exact) mass is 126 g/mol. The Bertz CT molecular complexity index is 112. The van der Waals surface area contributed by atoms with E-state index in [0.717, 1.165) is 6.42 Å². The molecule has 1 nitrogen and oxygen atoms in total. The smallest absolute Gasteiger partial charge is 0.157 e. The lowest BCUT2D eigenvalue weighted by molar-refractivity contribution is -0.117. The number of hydrogen-bond acceptors (Lipinski definition) is 1. The minimum Gasteiger partial charge on any atom is -0.295 e. The van der Waals surface area contributed by atoms with E-state index in [1.165, 1.54) is 0 Å². The highest BCUT2D eigenvalue weighted by molar-refractivity contribution is 5.91. The molecule has 0 saturated carbocycles. The number of hydrogen-bond donors (Lipinski definition) is 0. The summed E-state index contributed by atoms with van der Waals surface area (Å²) in [6, 6.07) is 0. The van der Waals surface area contributed by atoms with E-state index < -0.39 is 0 Å². The molecule has 0 aromatic carbocycles. The molecule has 0 saturated heterocycles. The zero-order valence-corrected chi connectivity index (χ0v) is 6.35. The van der Waals surface area contributed by atoms with Gasteiger partial charge in [-0.3, -0.25) is 4.79 Å². The predicted molar refractivity (Wildman–Crippen MR) is 39.3 cm³/mol. The molecule has 0 N–H and O–H groups in total. The van der Waals surface area contributed by atoms with Crippen LogP contribution in [0.4, 0.5) is 0 Å². The van der Waals surface area contributed by atoms with E-state index in [2.05, 4.69) is 0 Å². The number of carbonyl (C=O) groups is 1. The van der Waals surface area contributed by atoms with Gasteiger partial charge in [0.25, 0.3) is 0 Å². The highest BCUT2D eigenvalue weighted by Crippen LogP contribution is 1.95. The minimum atomic E-state index is 0.146. The fourth-order valence-electron chi connectivity index (χ4n) is 0.426. The quantitative estimate of drug-likeness (QED) is 0.530. The van der Waals surface area contributed by atoms with Crippen molar-refractivity contribution in [2.24, 2.45) is 5.92 Å². The van der Waals surface area contributed by atoms with Crippen molar-refractivity contribution in [3.63, 3.8) is 0 Å². The lowest BCUT2D eigenvalue weighted by Crippen LogP contribution is -2.01. The number of carbonyl (C=O) groups excluding carboxylic acids is 1. The highest BCUT2D eigenvalue weighted by atomic mass is 16.1. The van der Waals surface area contributed by atoms with Crippen molar-refractivity contribution in [3.05, 3.63) is 12.2 Å². The summed E-state index contributed by atoms with van der Waals surface area (Å²) in [5.74, 6) is 0.365. The van der Waals surface area contributed by atoms with Crippen molar-refractivity contribution < 1.29 is 4.79 Å². The van der Waals surface area contributed by atoms with Crippen LogP contribution in [0, 0.1) is 5.92 Å². The van der Waals surface area contributed by atoms with Gasteiger partial charge in [-0.25, -0.2) is 0 Å². The molecule has 52 valence electrons. The van der Waals surface area contributed by atoms with Gasteiger partial charge in [-0.2, -0.15) is 0 Å². The van der Waals surface area contributed by atoms with E-state index >= 15 is 0 Å². The summed E-state index contributed by atoms with van der Waals surface area (Å²) in [4.78, 5) is 10.8. The molecule has 0 rings (SSSR count). The van der Waals surface area contributed by atoms with E-state index in [-0.39, 0.29) is 11.7 Å². The van der Waals surface area contributed by atoms with Crippen LogP contribution >= 0.6 is 0 Å². The molecule has 9 heavy (non-hydrogen) atoms. The summed E-state index contributed by atoms with van der Waals surface area (Å²) in [7, 11) is 0. The molecule has 0 fully saturated rings. The average Bonchev–Trinajstić information content (AvgIpc) is 1.82. The van der Waals surface area contributed by atoms with Gasteiger partial charge in [0.05, 0.1) is 0 Å². The summed E-state index contributed by atoms with van der Waals surface area (Å²) in [5.41, 5.74) is 0. The number of rotatable bonds is 3. The fourth-order valence-corrected chi connectivity index (χ4v) is 0.426. The first kappa shape index (κ1) is 8.41. The van der Waals surface area contributed by atoms with E-state index in [0.29, 0.717) is 0 Å². The largest absolute Gasteiger partial charge is 0.295 e. The maximum Gasteiger partial charge on any atom is 0.157 e. The third-order valence-corrected chi connectivity index (χ3v) is 1.09. The van der Waals surface area contributed by atoms with Crippen LogP contribution < -0.4 is 0 Å². The summed E-state index contributed by atoms with van der Waals surface area (Å²) < 4.78 is 0. The molecule has 0 aromatic rings. The molecule has 0 atom stereocenters. The van der Waals surface area contributed by atoms with Crippen LogP contribution in [0.25, 0.3) is 0 Å². The Hall–Kier alpha value is -0.590. The molecule has 0 spiro atoms. The molecule has 0 aliphatic heterocycles. The molecule has 0 unspecified atom stereocenters. The number of ketones is 1. The van der Waals surface area contributed by atoms with Crippen molar-refractivity contribution in [1.29, 1.82) is 0 Å². The van der Waals surface area contributed by atoms with Crippen LogP contribution in [-0.2, 0) is 4.79 Å². The van der Waals surface area contributed by atoms with Crippen molar-refractivity contribution >= 4 is 5.78 Å². The first-order valence-corrected chi connectivity index (χ1v) is 3.38. The van der Waals surface area contributed by atoms with E-state index in [1.807, 2.05) is 26.8 Å². The molecule has 0 aliphatic rings. The van der Waals surface area contributed by atoms with Crippen LogP contribution in [0.1, 0.15) is 27.2 Å². The van der Waals surface area contributed by atoms with Crippen LogP contribution in [-0.4, -0.2) is 5.78 Å². The normalized spacial score (nSPS) is 11.1. The van der Waals surface area contributed by atoms with Gasteiger partial charge in [-0.05, 0) is 12.5 Å². The van der Waals surface area contributed by atoms with Gasteiger partial charge < -0.3 is 0 Å². The van der Waals surface area contributed by atoms with Crippen LogP contribution in [0.2, 0.25) is 0 Å². The van der Waals surface area contributed by atoms with Crippen molar-refractivity contribution in [3.8, 4) is 0 Å². The Morgan fingerprint density at radius 3 is 2.44 bits per heavy atom. The van der Waals surface area contributed by atoms with Gasteiger partial charge in [-0.15, -0.1) is 0 Å². The van der Waals surface area contributed by atoms with Gasteiger partial charge in [0.2, 0.25) is 0 Å². The van der Waals surface area contributed by atoms with Crippen LogP contribution in [0.5, 0.6) is 0 Å². The third-order valence-electron chi connectivity index (χ3n) is 1.09. The topological polar surface area (TPSA) is 17.1 Å². The van der Waals surface area contributed by atoms with E-state index in [9.17, 15) is 4.79 Å². The zero-order chi connectivity index (χ0) is 7.28. The second-order valence-corrected chi connectivity index (χ2v) is 2.37. The van der Waals surface area contributed by atoms with Gasteiger partial charge in [0.1, 0.15) is 0 Å². The SMILES string of the molecule is CC/C=C/C(=O)C(C)C. The average molecular weight is 126 g/mol. The van der Waals surface area contributed by atoms with Gasteiger partial charge in [-0.1, -0.05) is 26.8 Å². The first-order valence-electron chi connectivity index (χ1n) is 3.38. The Morgan fingerprint density at radius 2 is 2.11 bits per heavy atom. The lowest BCUT2D eigenvalue weighted by atomic mass is 10.1. The van der Waals surface area contributed by atoms with Gasteiger partial charge >= 0.3 is 0 Å². The molecule has 1 heteroatoms. The van der Waals surface area contributed by atoms with E-state index in [4.69, 9.17) is 0 Å². The van der Waals surface area contributed by atoms with Crippen LogP contribution in [0.15, 0.2) is 12.2 Å². The fraction of sp³-hybridized carbons (Fsp3) is 0.625. The van der Waals surface area contributed by atoms with Gasteiger partial charge in [0, 0.05) is 5.92 Å². The summed E-state index contributed by atoms with van der Waals surface area (Å²) in [6.07, 6.45) is 4.49. The van der Waals surface area contributed by atoms with E-state index in [1.54, 1.807) is 6.08 Å². The summed E-state index contributed by atoms with van der Waals surface area (Å²) >= 11 is 0. The van der Waals surface area contributed by atoms with Crippen molar-refractivity contribution in [1.82, 2.24) is 0 Å². The number of allylic oxidation sites excluding steroid dienone is 2. The Balaban J connectivity index is 3.63. The van der Waals surface area contributed by atoms with Gasteiger partial charge in [0.15, 0.2) is 5.78 Å². The predicted octanol–water partition coefficient (Wildman–Crippen LogP) is 2.18. The molecular formula is C8H14O. The Labute approximate surface area is 56.8 Å². The van der Waals surface area contributed by atoms with Crippen molar-refractivity contribution in [2.45, 2.75) is 27.2 Å². The Morgan fingerprint density at radius 1 is 1.56 bits per heavy atom. The minimum absolute atomic E-state index is 0.146. The third kappa shape index (κ3) is 3.95.